The van der Waals surface area contributed by atoms with Gasteiger partial charge in [0.1, 0.15) is 0 Å². The van der Waals surface area contributed by atoms with E-state index >= 15 is 0 Å². The van der Waals surface area contributed by atoms with Crippen molar-refractivity contribution in [1.82, 2.24) is 4.90 Å². The molecule has 0 radical (unpaired) electrons. The van der Waals surface area contributed by atoms with Crippen LogP contribution in [-0.4, -0.2) is 23.4 Å². The first-order valence-corrected chi connectivity index (χ1v) is 5.70. The molecule has 1 spiro atoms. The second kappa shape index (κ2) is 2.62. The Morgan fingerprint density at radius 2 is 2.14 bits per heavy atom. The lowest BCUT2D eigenvalue weighted by atomic mass is 9.56. The van der Waals surface area contributed by atoms with Gasteiger partial charge in [0.05, 0.1) is 0 Å². The van der Waals surface area contributed by atoms with Crippen molar-refractivity contribution in [2.45, 2.75) is 38.1 Å². The molecule has 1 saturated heterocycles. The number of hydrogen-bond acceptors (Lipinski definition) is 1. The maximum atomic E-state index is 11.6. The molecule has 0 bridgehead atoms. The van der Waals surface area contributed by atoms with Gasteiger partial charge in [0.2, 0.25) is 5.91 Å². The minimum Gasteiger partial charge on any atom is -0.335 e. The molecule has 1 heterocycles. The fourth-order valence-corrected chi connectivity index (χ4v) is 3.33. The van der Waals surface area contributed by atoms with E-state index in [9.17, 15) is 4.79 Å². The van der Waals surface area contributed by atoms with Gasteiger partial charge in [-0.1, -0.05) is 13.0 Å². The molecule has 3 rings (SSSR count). The summed E-state index contributed by atoms with van der Waals surface area (Å²) in [5.41, 5.74) is 0.555. The summed E-state index contributed by atoms with van der Waals surface area (Å²) in [6.45, 7) is 4.59. The summed E-state index contributed by atoms with van der Waals surface area (Å²) in [7, 11) is 0. The second-order valence-electron chi connectivity index (χ2n) is 5.17. The van der Waals surface area contributed by atoms with Gasteiger partial charge in [-0.25, -0.2) is 0 Å². The molecule has 0 aromatic rings. The number of hydrogen-bond donors (Lipinski definition) is 0. The van der Waals surface area contributed by atoms with Crippen LogP contribution in [0, 0.1) is 11.3 Å². The molecule has 14 heavy (non-hydrogen) atoms. The molecular weight excluding hydrogens is 174 g/mol. The summed E-state index contributed by atoms with van der Waals surface area (Å²) in [6, 6.07) is 0.585. The van der Waals surface area contributed by atoms with E-state index in [1.165, 1.54) is 38.2 Å². The molecule has 2 saturated carbocycles. The fourth-order valence-electron chi connectivity index (χ4n) is 3.33. The van der Waals surface area contributed by atoms with Gasteiger partial charge in [0.25, 0.3) is 0 Å². The molecule has 2 heteroatoms. The van der Waals surface area contributed by atoms with E-state index in [-0.39, 0.29) is 5.91 Å². The number of rotatable bonds is 2. The van der Waals surface area contributed by atoms with Crippen LogP contribution in [0.4, 0.5) is 0 Å². The van der Waals surface area contributed by atoms with Gasteiger partial charge in [-0.3, -0.25) is 4.79 Å². The fraction of sp³-hybridized carbons (Fsp3) is 0.750. The predicted molar refractivity (Wildman–Crippen MR) is 54.7 cm³/mol. The van der Waals surface area contributed by atoms with Crippen molar-refractivity contribution < 1.29 is 4.79 Å². The van der Waals surface area contributed by atoms with Crippen molar-refractivity contribution in [2.75, 3.05) is 6.54 Å². The van der Waals surface area contributed by atoms with E-state index in [1.807, 2.05) is 0 Å². The number of carbonyl (C=O) groups is 1. The largest absolute Gasteiger partial charge is 0.335 e. The van der Waals surface area contributed by atoms with Crippen LogP contribution in [0.1, 0.15) is 32.1 Å². The summed E-state index contributed by atoms with van der Waals surface area (Å²) in [6.07, 6.45) is 8.24. The van der Waals surface area contributed by atoms with Gasteiger partial charge in [-0.05, 0) is 37.7 Å². The number of carbonyl (C=O) groups excluding carboxylic acids is 1. The summed E-state index contributed by atoms with van der Waals surface area (Å²) in [5, 5.41) is 0. The first-order chi connectivity index (χ1) is 6.77. The third-order valence-corrected chi connectivity index (χ3v) is 4.32. The average molecular weight is 191 g/mol. The molecule has 1 aliphatic heterocycles. The Kier molecular flexibility index (Phi) is 1.59. The highest BCUT2D eigenvalue weighted by Gasteiger charge is 2.61. The number of likely N-dealkylation sites (tertiary alicyclic amines) is 1. The molecule has 2 aliphatic carbocycles. The summed E-state index contributed by atoms with van der Waals surface area (Å²) in [5.74, 6) is 0.979. The van der Waals surface area contributed by atoms with Crippen LogP contribution in [-0.2, 0) is 4.79 Å². The minimum atomic E-state index is 0.152. The third-order valence-electron chi connectivity index (χ3n) is 4.32. The van der Waals surface area contributed by atoms with Crippen LogP contribution in [0.5, 0.6) is 0 Å². The number of nitrogens with zero attached hydrogens (tertiary/aromatic N) is 1. The SMILES string of the molecule is C=CC(=O)N1CC2(CCC2)C1C1CC1. The maximum Gasteiger partial charge on any atom is 0.246 e. The quantitative estimate of drug-likeness (QED) is 0.611. The Morgan fingerprint density at radius 3 is 2.57 bits per heavy atom. The monoisotopic (exact) mass is 191 g/mol. The van der Waals surface area contributed by atoms with Crippen molar-refractivity contribution in [1.29, 1.82) is 0 Å². The summed E-state index contributed by atoms with van der Waals surface area (Å²) >= 11 is 0. The minimum absolute atomic E-state index is 0.152. The lowest BCUT2D eigenvalue weighted by molar-refractivity contribution is -0.165. The molecule has 0 aromatic heterocycles. The molecule has 3 aliphatic rings. The van der Waals surface area contributed by atoms with Gasteiger partial charge >= 0.3 is 0 Å². The van der Waals surface area contributed by atoms with E-state index < -0.39 is 0 Å². The van der Waals surface area contributed by atoms with Crippen LogP contribution in [0.3, 0.4) is 0 Å². The van der Waals surface area contributed by atoms with Crippen molar-refractivity contribution >= 4 is 5.91 Å². The van der Waals surface area contributed by atoms with Gasteiger partial charge in [-0.15, -0.1) is 0 Å². The Morgan fingerprint density at radius 1 is 1.43 bits per heavy atom. The number of amides is 1. The molecule has 3 fully saturated rings. The van der Waals surface area contributed by atoms with Gasteiger partial charge < -0.3 is 4.90 Å². The lowest BCUT2D eigenvalue weighted by Crippen LogP contribution is -2.69. The Labute approximate surface area is 85.0 Å². The smallest absolute Gasteiger partial charge is 0.246 e. The van der Waals surface area contributed by atoms with Gasteiger partial charge in [0, 0.05) is 18.0 Å². The molecule has 1 amide bonds. The average Bonchev–Trinajstić information content (AvgIpc) is 2.83. The van der Waals surface area contributed by atoms with Crippen LogP contribution in [0.15, 0.2) is 12.7 Å². The third kappa shape index (κ3) is 0.943. The van der Waals surface area contributed by atoms with Crippen LogP contribution in [0.2, 0.25) is 0 Å². The van der Waals surface area contributed by atoms with E-state index in [2.05, 4.69) is 11.5 Å². The van der Waals surface area contributed by atoms with E-state index in [0.29, 0.717) is 11.5 Å². The van der Waals surface area contributed by atoms with E-state index in [1.54, 1.807) is 0 Å². The molecule has 1 atom stereocenters. The topological polar surface area (TPSA) is 20.3 Å². The maximum absolute atomic E-state index is 11.6. The molecule has 0 aromatic carbocycles. The Bertz CT molecular complexity index is 289. The van der Waals surface area contributed by atoms with Crippen molar-refractivity contribution in [3.8, 4) is 0 Å². The van der Waals surface area contributed by atoms with Gasteiger partial charge in [0.15, 0.2) is 0 Å². The van der Waals surface area contributed by atoms with Crippen LogP contribution in [0.25, 0.3) is 0 Å². The van der Waals surface area contributed by atoms with E-state index in [4.69, 9.17) is 0 Å². The highest BCUT2D eigenvalue weighted by molar-refractivity contribution is 5.88. The first-order valence-electron chi connectivity index (χ1n) is 5.70. The predicted octanol–water partition coefficient (Wildman–Crippen LogP) is 1.96. The lowest BCUT2D eigenvalue weighted by Gasteiger charge is -2.62. The zero-order valence-electron chi connectivity index (χ0n) is 8.54. The molecule has 0 N–H and O–H groups in total. The highest BCUT2D eigenvalue weighted by atomic mass is 16.2. The van der Waals surface area contributed by atoms with Crippen molar-refractivity contribution in [3.05, 3.63) is 12.7 Å². The molecule has 76 valence electrons. The van der Waals surface area contributed by atoms with Crippen molar-refractivity contribution in [3.63, 3.8) is 0 Å². The van der Waals surface area contributed by atoms with E-state index in [0.717, 1.165) is 12.5 Å². The zero-order chi connectivity index (χ0) is 9.76. The standard InChI is InChI=1S/C12H17NO/c1-2-10(14)13-8-12(6-3-7-12)11(13)9-4-5-9/h2,9,11H,1,3-8H2. The van der Waals surface area contributed by atoms with Crippen LogP contribution < -0.4 is 0 Å². The Hall–Kier alpha value is -0.790. The summed E-state index contributed by atoms with van der Waals surface area (Å²) < 4.78 is 0. The molecular formula is C12H17NO. The molecule has 2 nitrogen and oxygen atoms in total. The van der Waals surface area contributed by atoms with Gasteiger partial charge in [-0.2, -0.15) is 0 Å². The summed E-state index contributed by atoms with van der Waals surface area (Å²) in [4.78, 5) is 13.6. The normalized spacial score (nSPS) is 33.4. The second-order valence-corrected chi connectivity index (χ2v) is 5.17. The van der Waals surface area contributed by atoms with Crippen molar-refractivity contribution in [2.24, 2.45) is 11.3 Å². The highest BCUT2D eigenvalue weighted by Crippen LogP contribution is 2.59. The van der Waals surface area contributed by atoms with Crippen LogP contribution >= 0.6 is 0 Å². The molecule has 1 unspecified atom stereocenters. The zero-order valence-corrected chi connectivity index (χ0v) is 8.54. The first kappa shape index (κ1) is 8.51. The Balaban J connectivity index is 1.77.